The minimum Gasteiger partial charge on any atom is -0.497 e. The monoisotopic (exact) mass is 388 g/mol. The number of hydrogen-bond donors (Lipinski definition) is 2. The van der Waals surface area contributed by atoms with Crippen molar-refractivity contribution < 1.29 is 9.47 Å². The fourth-order valence-corrected chi connectivity index (χ4v) is 3.36. The Labute approximate surface area is 166 Å². The van der Waals surface area contributed by atoms with Crippen LogP contribution in [0, 0.1) is 0 Å². The van der Waals surface area contributed by atoms with Crippen molar-refractivity contribution in [1.29, 1.82) is 0 Å². The SMILES string of the molecule is COc1cc(NC2=N[N+]3(c4ccc5[nH]ncc5c4)C=CN=CC3=N2)cc(OC)c1. The van der Waals surface area contributed by atoms with Crippen molar-refractivity contribution in [2.75, 3.05) is 19.5 Å². The van der Waals surface area contributed by atoms with Gasteiger partial charge in [0.1, 0.15) is 17.7 Å². The van der Waals surface area contributed by atoms with E-state index in [1.165, 1.54) is 0 Å². The topological polar surface area (TPSA) is 96.2 Å². The summed E-state index contributed by atoms with van der Waals surface area (Å²) in [6, 6.07) is 11.5. The average molecular weight is 388 g/mol. The third-order valence-electron chi connectivity index (χ3n) is 4.81. The summed E-state index contributed by atoms with van der Waals surface area (Å²) in [6.07, 6.45) is 7.11. The summed E-state index contributed by atoms with van der Waals surface area (Å²) in [5, 5.41) is 16.2. The number of rotatable bonds is 4. The molecule has 2 N–H and O–H groups in total. The maximum Gasteiger partial charge on any atom is 0.287 e. The lowest BCUT2D eigenvalue weighted by Crippen LogP contribution is -2.44. The molecule has 2 aliphatic heterocycles. The number of hydrogen-bond acceptors (Lipinski definition) is 7. The molecular weight excluding hydrogens is 370 g/mol. The molecule has 0 spiro atoms. The van der Waals surface area contributed by atoms with E-state index >= 15 is 0 Å². The smallest absolute Gasteiger partial charge is 0.287 e. The van der Waals surface area contributed by atoms with E-state index in [0.29, 0.717) is 23.3 Å². The highest BCUT2D eigenvalue weighted by molar-refractivity contribution is 6.38. The number of guanidine groups is 1. The second kappa shape index (κ2) is 6.57. The fraction of sp³-hybridized carbons (Fsp3) is 0.100. The van der Waals surface area contributed by atoms with Crippen molar-refractivity contribution in [2.45, 2.75) is 0 Å². The highest BCUT2D eigenvalue weighted by Crippen LogP contribution is 2.33. The van der Waals surface area contributed by atoms with Gasteiger partial charge < -0.3 is 14.8 Å². The average Bonchev–Trinajstić information content (AvgIpc) is 3.37. The fourth-order valence-electron chi connectivity index (χ4n) is 3.36. The Morgan fingerprint density at radius 2 is 1.86 bits per heavy atom. The number of quaternary nitrogens is 1. The molecule has 3 aromatic rings. The van der Waals surface area contributed by atoms with Crippen LogP contribution in [0.15, 0.2) is 70.1 Å². The summed E-state index contributed by atoms with van der Waals surface area (Å²) in [4.78, 5) is 8.88. The molecule has 29 heavy (non-hydrogen) atoms. The van der Waals surface area contributed by atoms with Gasteiger partial charge in [-0.15, -0.1) is 0 Å². The largest absolute Gasteiger partial charge is 0.497 e. The van der Waals surface area contributed by atoms with E-state index < -0.39 is 0 Å². The van der Waals surface area contributed by atoms with Crippen LogP contribution in [0.4, 0.5) is 11.4 Å². The Bertz CT molecular complexity index is 1200. The highest BCUT2D eigenvalue weighted by Gasteiger charge is 2.42. The molecule has 0 saturated carbocycles. The van der Waals surface area contributed by atoms with E-state index in [4.69, 9.17) is 14.6 Å². The second-order valence-electron chi connectivity index (χ2n) is 6.52. The predicted molar refractivity (Wildman–Crippen MR) is 114 cm³/mol. The maximum atomic E-state index is 5.34. The molecule has 0 fully saturated rings. The number of fused-ring (bicyclic) bond motifs is 2. The molecule has 0 saturated heterocycles. The zero-order chi connectivity index (χ0) is 19.8. The number of H-pyrrole nitrogens is 1. The first-order chi connectivity index (χ1) is 14.2. The van der Waals surface area contributed by atoms with Gasteiger partial charge >= 0.3 is 0 Å². The van der Waals surface area contributed by atoms with Crippen molar-refractivity contribution in [1.82, 2.24) is 14.8 Å². The van der Waals surface area contributed by atoms with Gasteiger partial charge in [-0.1, -0.05) is 4.59 Å². The number of benzene rings is 2. The molecule has 3 heterocycles. The Balaban J connectivity index is 1.56. The lowest BCUT2D eigenvalue weighted by molar-refractivity contribution is 0.395. The van der Waals surface area contributed by atoms with E-state index in [1.54, 1.807) is 38.9 Å². The normalized spacial score (nSPS) is 19.7. The van der Waals surface area contributed by atoms with Crippen LogP contribution in [-0.2, 0) is 0 Å². The minimum atomic E-state index is 0.0913. The molecule has 9 nitrogen and oxygen atoms in total. The van der Waals surface area contributed by atoms with Gasteiger partial charge in [-0.2, -0.15) is 10.1 Å². The molecule has 144 valence electrons. The maximum absolute atomic E-state index is 5.34. The summed E-state index contributed by atoms with van der Waals surface area (Å²) in [5.41, 5.74) is 2.65. The summed E-state index contributed by atoms with van der Waals surface area (Å²) >= 11 is 0. The van der Waals surface area contributed by atoms with Crippen LogP contribution in [0.1, 0.15) is 0 Å². The van der Waals surface area contributed by atoms with E-state index in [9.17, 15) is 0 Å². The van der Waals surface area contributed by atoms with Gasteiger partial charge in [0, 0.05) is 41.4 Å². The van der Waals surface area contributed by atoms with Crippen molar-refractivity contribution in [3.8, 4) is 11.5 Å². The van der Waals surface area contributed by atoms with Crippen LogP contribution in [0.3, 0.4) is 0 Å². The molecule has 9 heteroatoms. The molecule has 1 unspecified atom stereocenters. The molecule has 0 radical (unpaired) electrons. The molecule has 1 atom stereocenters. The second-order valence-corrected chi connectivity index (χ2v) is 6.52. The summed E-state index contributed by atoms with van der Waals surface area (Å²) in [6.45, 7) is 0. The zero-order valence-corrected chi connectivity index (χ0v) is 15.8. The first kappa shape index (κ1) is 17.1. The third-order valence-corrected chi connectivity index (χ3v) is 4.81. The first-order valence-electron chi connectivity index (χ1n) is 8.93. The molecule has 5 rings (SSSR count). The van der Waals surface area contributed by atoms with Crippen LogP contribution in [0.5, 0.6) is 11.5 Å². The lowest BCUT2D eigenvalue weighted by Gasteiger charge is -2.23. The van der Waals surface area contributed by atoms with E-state index in [2.05, 4.69) is 25.5 Å². The summed E-state index contributed by atoms with van der Waals surface area (Å²) in [5.74, 6) is 2.49. The van der Waals surface area contributed by atoms with Gasteiger partial charge in [0.15, 0.2) is 11.9 Å². The quantitative estimate of drug-likeness (QED) is 0.671. The minimum absolute atomic E-state index is 0.0913. The first-order valence-corrected chi connectivity index (χ1v) is 8.93. The van der Waals surface area contributed by atoms with E-state index in [1.807, 2.05) is 36.5 Å². The van der Waals surface area contributed by atoms with Crippen LogP contribution < -0.4 is 19.4 Å². The van der Waals surface area contributed by atoms with Crippen LogP contribution in [-0.4, -0.2) is 42.4 Å². The van der Waals surface area contributed by atoms with Gasteiger partial charge in [0.05, 0.1) is 32.1 Å². The standard InChI is InChI=1S/C20H18N7O2/c1-28-16-8-14(9-17(10-16)29-2)23-20-24-19-12-21-5-6-27(19,26-20)15-3-4-18-13(7-15)11-22-25-18/h3-12H,1-2H3,(H,22,25)(H,23,26)/q+1. The Hall–Kier alpha value is -3.98. The highest BCUT2D eigenvalue weighted by atomic mass is 16.5. The number of amidine groups is 1. The van der Waals surface area contributed by atoms with Crippen LogP contribution >= 0.6 is 0 Å². The molecule has 2 aliphatic rings. The number of aromatic nitrogens is 2. The zero-order valence-electron chi connectivity index (χ0n) is 15.8. The Morgan fingerprint density at radius 1 is 1.03 bits per heavy atom. The number of aliphatic imine (C=N–C) groups is 2. The van der Waals surface area contributed by atoms with Gasteiger partial charge in [-0.05, 0) is 11.2 Å². The van der Waals surface area contributed by atoms with Crippen LogP contribution in [0.25, 0.3) is 10.9 Å². The number of ether oxygens (including phenoxy) is 2. The third kappa shape index (κ3) is 2.84. The Morgan fingerprint density at radius 3 is 2.66 bits per heavy atom. The number of nitrogens with zero attached hydrogens (tertiary/aromatic N) is 5. The lowest BCUT2D eigenvalue weighted by atomic mass is 10.2. The van der Waals surface area contributed by atoms with Crippen LogP contribution in [0.2, 0.25) is 0 Å². The number of methoxy groups -OCH3 is 2. The van der Waals surface area contributed by atoms with Crippen molar-refractivity contribution in [3.63, 3.8) is 0 Å². The molecule has 0 aliphatic carbocycles. The van der Waals surface area contributed by atoms with Gasteiger partial charge in [-0.3, -0.25) is 10.1 Å². The number of anilines is 1. The Kier molecular flexibility index (Phi) is 3.88. The van der Waals surface area contributed by atoms with Gasteiger partial charge in [0.2, 0.25) is 0 Å². The van der Waals surface area contributed by atoms with Crippen molar-refractivity contribution in [2.24, 2.45) is 15.1 Å². The molecule has 0 amide bonds. The number of aromatic amines is 1. The van der Waals surface area contributed by atoms with Crippen molar-refractivity contribution >= 4 is 40.3 Å². The van der Waals surface area contributed by atoms with Crippen molar-refractivity contribution in [3.05, 3.63) is 55.0 Å². The number of nitrogens with one attached hydrogen (secondary N) is 2. The van der Waals surface area contributed by atoms with Gasteiger partial charge in [-0.25, -0.2) is 0 Å². The molecule has 1 aromatic heterocycles. The van der Waals surface area contributed by atoms with E-state index in [0.717, 1.165) is 22.3 Å². The van der Waals surface area contributed by atoms with Gasteiger partial charge in [0.25, 0.3) is 11.8 Å². The molecule has 2 aromatic carbocycles. The predicted octanol–water partition coefficient (Wildman–Crippen LogP) is 3.24. The summed E-state index contributed by atoms with van der Waals surface area (Å²) < 4.78 is 10.8. The molecule has 0 bridgehead atoms. The summed E-state index contributed by atoms with van der Waals surface area (Å²) in [7, 11) is 3.22. The molecular formula is C20H18N7O2+. The van der Waals surface area contributed by atoms with E-state index in [-0.39, 0.29) is 4.59 Å².